The maximum atomic E-state index is 12.7. The standard InChI is InChI=1S/C20H25N3O2/c1-22(2)19(16-8-6-9-17(13-16)25-3)14-21-20(24)23-12-11-15-7-4-5-10-18(15)23/h4-10,13,19H,11-12,14H2,1-3H3,(H,21,24). The van der Waals surface area contributed by atoms with Gasteiger partial charge in [0.05, 0.1) is 13.2 Å². The SMILES string of the molecule is COc1cccc(C(CNC(=O)N2CCc3ccccc32)N(C)C)c1. The van der Waals surface area contributed by atoms with Crippen LogP contribution in [0.25, 0.3) is 0 Å². The lowest BCUT2D eigenvalue weighted by atomic mass is 10.1. The molecule has 2 amide bonds. The molecule has 0 bridgehead atoms. The van der Waals surface area contributed by atoms with Crippen LogP contribution >= 0.6 is 0 Å². The Morgan fingerprint density at radius 2 is 2.04 bits per heavy atom. The Labute approximate surface area is 149 Å². The van der Waals surface area contributed by atoms with Gasteiger partial charge in [-0.3, -0.25) is 4.90 Å². The van der Waals surface area contributed by atoms with Gasteiger partial charge in [-0.1, -0.05) is 30.3 Å². The third-order valence-electron chi connectivity index (χ3n) is 4.68. The minimum Gasteiger partial charge on any atom is -0.497 e. The third-order valence-corrected chi connectivity index (χ3v) is 4.68. The number of likely N-dealkylation sites (N-methyl/N-ethyl adjacent to an activating group) is 1. The smallest absolute Gasteiger partial charge is 0.321 e. The number of rotatable bonds is 5. The van der Waals surface area contributed by atoms with Crippen LogP contribution in [0.4, 0.5) is 10.5 Å². The number of amides is 2. The average molecular weight is 339 g/mol. The van der Waals surface area contributed by atoms with Crippen molar-refractivity contribution < 1.29 is 9.53 Å². The number of fused-ring (bicyclic) bond motifs is 1. The van der Waals surface area contributed by atoms with Crippen molar-refractivity contribution in [1.29, 1.82) is 0 Å². The maximum absolute atomic E-state index is 12.7. The number of benzene rings is 2. The van der Waals surface area contributed by atoms with Gasteiger partial charge in [-0.25, -0.2) is 4.79 Å². The normalized spacial score (nSPS) is 14.3. The van der Waals surface area contributed by atoms with Crippen molar-refractivity contribution in [3.8, 4) is 5.75 Å². The molecule has 1 heterocycles. The number of hydrogen-bond donors (Lipinski definition) is 1. The fourth-order valence-corrected chi connectivity index (χ4v) is 3.28. The second-order valence-electron chi connectivity index (χ2n) is 6.47. The molecule has 1 unspecified atom stereocenters. The van der Waals surface area contributed by atoms with E-state index >= 15 is 0 Å². The van der Waals surface area contributed by atoms with Gasteiger partial charge < -0.3 is 15.0 Å². The van der Waals surface area contributed by atoms with E-state index in [0.717, 1.165) is 30.0 Å². The molecule has 2 aromatic carbocycles. The van der Waals surface area contributed by atoms with Crippen molar-refractivity contribution >= 4 is 11.7 Å². The minimum absolute atomic E-state index is 0.0419. The lowest BCUT2D eigenvalue weighted by Crippen LogP contribution is -2.42. The molecule has 5 heteroatoms. The van der Waals surface area contributed by atoms with E-state index < -0.39 is 0 Å². The van der Waals surface area contributed by atoms with Gasteiger partial charge in [0.25, 0.3) is 0 Å². The summed E-state index contributed by atoms with van der Waals surface area (Å²) in [6.07, 6.45) is 0.913. The summed E-state index contributed by atoms with van der Waals surface area (Å²) in [6.45, 7) is 1.27. The number of para-hydroxylation sites is 1. The first-order valence-corrected chi connectivity index (χ1v) is 8.54. The number of hydrogen-bond acceptors (Lipinski definition) is 3. The van der Waals surface area contributed by atoms with Crippen LogP contribution in [0.2, 0.25) is 0 Å². The lowest BCUT2D eigenvalue weighted by molar-refractivity contribution is 0.238. The molecule has 5 nitrogen and oxygen atoms in total. The predicted octanol–water partition coefficient (Wildman–Crippen LogP) is 3.07. The van der Waals surface area contributed by atoms with E-state index in [4.69, 9.17) is 4.74 Å². The van der Waals surface area contributed by atoms with Crippen LogP contribution in [0.1, 0.15) is 17.2 Å². The summed E-state index contributed by atoms with van der Waals surface area (Å²) in [4.78, 5) is 16.6. The Morgan fingerprint density at radius 1 is 1.24 bits per heavy atom. The molecule has 0 saturated carbocycles. The summed E-state index contributed by atoms with van der Waals surface area (Å²) in [7, 11) is 5.69. The van der Waals surface area contributed by atoms with E-state index in [1.807, 2.05) is 55.4 Å². The van der Waals surface area contributed by atoms with Crippen molar-refractivity contribution in [2.45, 2.75) is 12.5 Å². The van der Waals surface area contributed by atoms with E-state index in [9.17, 15) is 4.79 Å². The fraction of sp³-hybridized carbons (Fsp3) is 0.350. The van der Waals surface area contributed by atoms with Gasteiger partial charge >= 0.3 is 6.03 Å². The van der Waals surface area contributed by atoms with Crippen molar-refractivity contribution in [2.24, 2.45) is 0 Å². The van der Waals surface area contributed by atoms with Crippen molar-refractivity contribution in [1.82, 2.24) is 10.2 Å². The topological polar surface area (TPSA) is 44.8 Å². The quantitative estimate of drug-likeness (QED) is 0.910. The van der Waals surface area contributed by atoms with Gasteiger partial charge in [0.1, 0.15) is 5.75 Å². The lowest BCUT2D eigenvalue weighted by Gasteiger charge is -2.27. The second kappa shape index (κ2) is 7.57. The highest BCUT2D eigenvalue weighted by molar-refractivity contribution is 5.94. The molecule has 1 N–H and O–H groups in total. The van der Waals surface area contributed by atoms with E-state index in [2.05, 4.69) is 22.3 Å². The molecule has 1 atom stereocenters. The maximum Gasteiger partial charge on any atom is 0.321 e. The molecule has 0 spiro atoms. The molecule has 132 valence electrons. The van der Waals surface area contributed by atoms with Gasteiger partial charge in [-0.15, -0.1) is 0 Å². The Morgan fingerprint density at radius 3 is 2.80 bits per heavy atom. The van der Waals surface area contributed by atoms with Gasteiger partial charge in [0.15, 0.2) is 0 Å². The van der Waals surface area contributed by atoms with Crippen LogP contribution in [-0.4, -0.2) is 45.2 Å². The summed E-state index contributed by atoms with van der Waals surface area (Å²) in [5, 5.41) is 3.09. The molecule has 2 aromatic rings. The molecule has 0 aliphatic carbocycles. The first kappa shape index (κ1) is 17.3. The number of anilines is 1. The number of methoxy groups -OCH3 is 1. The number of nitrogens with zero attached hydrogens (tertiary/aromatic N) is 2. The summed E-state index contributed by atoms with van der Waals surface area (Å²) in [5.74, 6) is 0.823. The number of carbonyl (C=O) groups excluding carboxylic acids is 1. The van der Waals surface area contributed by atoms with E-state index in [1.54, 1.807) is 7.11 Å². The Balaban J connectivity index is 1.69. The molecule has 0 saturated heterocycles. The highest BCUT2D eigenvalue weighted by atomic mass is 16.5. The monoisotopic (exact) mass is 339 g/mol. The van der Waals surface area contributed by atoms with Crippen molar-refractivity contribution in [3.63, 3.8) is 0 Å². The molecule has 1 aliphatic rings. The van der Waals surface area contributed by atoms with Crippen LogP contribution in [0.15, 0.2) is 48.5 Å². The zero-order valence-corrected chi connectivity index (χ0v) is 15.0. The van der Waals surface area contributed by atoms with E-state index in [-0.39, 0.29) is 12.1 Å². The van der Waals surface area contributed by atoms with Crippen LogP contribution in [0.5, 0.6) is 5.75 Å². The van der Waals surface area contributed by atoms with Crippen LogP contribution < -0.4 is 15.0 Å². The summed E-state index contributed by atoms with van der Waals surface area (Å²) in [5.41, 5.74) is 3.36. The van der Waals surface area contributed by atoms with E-state index in [0.29, 0.717) is 6.54 Å². The molecule has 0 aromatic heterocycles. The van der Waals surface area contributed by atoms with Crippen LogP contribution in [0.3, 0.4) is 0 Å². The Hall–Kier alpha value is -2.53. The Kier molecular flexibility index (Phi) is 5.24. The molecule has 3 rings (SSSR count). The Bertz CT molecular complexity index is 745. The zero-order valence-electron chi connectivity index (χ0n) is 15.0. The molecular weight excluding hydrogens is 314 g/mol. The van der Waals surface area contributed by atoms with Crippen molar-refractivity contribution in [3.05, 3.63) is 59.7 Å². The summed E-state index contributed by atoms with van der Waals surface area (Å²) < 4.78 is 5.32. The number of carbonyl (C=O) groups is 1. The number of urea groups is 1. The second-order valence-corrected chi connectivity index (χ2v) is 6.47. The van der Waals surface area contributed by atoms with Crippen LogP contribution in [0, 0.1) is 0 Å². The minimum atomic E-state index is -0.0419. The first-order valence-electron chi connectivity index (χ1n) is 8.54. The first-order chi connectivity index (χ1) is 12.1. The van der Waals surface area contributed by atoms with Crippen LogP contribution in [-0.2, 0) is 6.42 Å². The fourth-order valence-electron chi connectivity index (χ4n) is 3.28. The molecule has 0 radical (unpaired) electrons. The molecular formula is C20H25N3O2. The third kappa shape index (κ3) is 3.77. The van der Waals surface area contributed by atoms with Crippen molar-refractivity contribution in [2.75, 3.05) is 39.2 Å². The van der Waals surface area contributed by atoms with Gasteiger partial charge in [-0.2, -0.15) is 0 Å². The molecule has 25 heavy (non-hydrogen) atoms. The molecule has 1 aliphatic heterocycles. The number of ether oxygens (including phenoxy) is 1. The average Bonchev–Trinajstić information content (AvgIpc) is 3.06. The summed E-state index contributed by atoms with van der Waals surface area (Å²) >= 11 is 0. The van der Waals surface area contributed by atoms with Gasteiger partial charge in [0, 0.05) is 18.8 Å². The number of nitrogens with one attached hydrogen (secondary N) is 1. The predicted molar refractivity (Wildman–Crippen MR) is 100 cm³/mol. The highest BCUT2D eigenvalue weighted by Crippen LogP contribution is 2.27. The largest absolute Gasteiger partial charge is 0.497 e. The highest BCUT2D eigenvalue weighted by Gasteiger charge is 2.25. The summed E-state index contributed by atoms with van der Waals surface area (Å²) in [6, 6.07) is 16.1. The van der Waals surface area contributed by atoms with E-state index in [1.165, 1.54) is 5.56 Å². The van der Waals surface area contributed by atoms with Gasteiger partial charge in [-0.05, 0) is 49.8 Å². The molecule has 0 fully saturated rings. The zero-order chi connectivity index (χ0) is 17.8. The van der Waals surface area contributed by atoms with Gasteiger partial charge in [0.2, 0.25) is 0 Å².